The Hall–Kier alpha value is -1.52. The Labute approximate surface area is 143 Å². The van der Waals surface area contributed by atoms with E-state index in [0.29, 0.717) is 18.2 Å². The zero-order valence-corrected chi connectivity index (χ0v) is 13.3. The van der Waals surface area contributed by atoms with Crippen molar-refractivity contribution in [1.29, 1.82) is 0 Å². The van der Waals surface area contributed by atoms with Crippen molar-refractivity contribution in [2.75, 3.05) is 0 Å². The highest BCUT2D eigenvalue weighted by atomic mass is 32.2. The maximum Gasteiger partial charge on any atom is 0.460 e. The number of hydrogen-bond acceptors (Lipinski definition) is 6. The summed E-state index contributed by atoms with van der Waals surface area (Å²) >= 11 is -1.28. The number of aromatic hydroxyl groups is 2. The smallest absolute Gasteiger partial charge is 0.460 e. The molecule has 3 N–H and O–H groups in total. The second-order valence-electron chi connectivity index (χ2n) is 4.43. The van der Waals surface area contributed by atoms with Crippen LogP contribution in [0.1, 0.15) is 0 Å². The lowest BCUT2D eigenvalue weighted by Gasteiger charge is -2.31. The van der Waals surface area contributed by atoms with Gasteiger partial charge < -0.3 is 10.2 Å². The molecule has 0 aromatic heterocycles. The third-order valence-electron chi connectivity index (χ3n) is 2.38. The van der Waals surface area contributed by atoms with Crippen LogP contribution in [-0.4, -0.2) is 45.9 Å². The number of ether oxygens (including phenoxy) is 1. The highest BCUT2D eigenvalue weighted by Crippen LogP contribution is 2.52. The Morgan fingerprint density at radius 3 is 1.65 bits per heavy atom. The van der Waals surface area contributed by atoms with E-state index in [1.165, 1.54) is 0 Å². The summed E-state index contributed by atoms with van der Waals surface area (Å²) in [6, 6.07) is 1.37. The Morgan fingerprint density at radius 1 is 0.846 bits per heavy atom. The van der Waals surface area contributed by atoms with Crippen LogP contribution in [0.3, 0.4) is 0 Å². The molecule has 0 saturated carbocycles. The number of thioether (sulfide) groups is 1. The van der Waals surface area contributed by atoms with Crippen LogP contribution in [-0.2, 0) is 14.9 Å². The van der Waals surface area contributed by atoms with Gasteiger partial charge in [-0.3, -0.25) is 4.55 Å². The maximum atomic E-state index is 13.5. The standard InChI is InChI=1S/C10H6F8O6S2/c11-7(12,24-8(13,14)10(17,18)26(21,22)23)9(15,16)25-6-2-4(19)1-5(20)3-6/h1-3,19-20H,(H,21,22,23). The molecule has 6 nitrogen and oxygen atoms in total. The molecule has 0 amide bonds. The van der Waals surface area contributed by atoms with Gasteiger partial charge >= 0.3 is 32.8 Å². The Kier molecular flexibility index (Phi) is 5.70. The minimum Gasteiger partial charge on any atom is -0.508 e. The van der Waals surface area contributed by atoms with Crippen molar-refractivity contribution in [2.24, 2.45) is 0 Å². The number of hydrogen-bond donors (Lipinski definition) is 3. The van der Waals surface area contributed by atoms with Gasteiger partial charge in [0.25, 0.3) is 0 Å². The van der Waals surface area contributed by atoms with E-state index in [1.54, 1.807) is 0 Å². The van der Waals surface area contributed by atoms with Gasteiger partial charge in [-0.05, 0) is 23.9 Å². The molecule has 0 aliphatic carbocycles. The number of benzene rings is 1. The van der Waals surface area contributed by atoms with Crippen molar-refractivity contribution in [3.05, 3.63) is 18.2 Å². The van der Waals surface area contributed by atoms with E-state index in [0.717, 1.165) is 0 Å². The minimum absolute atomic E-state index is 0.388. The van der Waals surface area contributed by atoms with Crippen molar-refractivity contribution >= 4 is 21.9 Å². The highest BCUT2D eigenvalue weighted by Gasteiger charge is 2.74. The van der Waals surface area contributed by atoms with Gasteiger partial charge in [0.05, 0.1) is 0 Å². The zero-order chi connectivity index (χ0) is 20.8. The van der Waals surface area contributed by atoms with Crippen molar-refractivity contribution in [3.8, 4) is 11.5 Å². The summed E-state index contributed by atoms with van der Waals surface area (Å²) in [7, 11) is -7.01. The monoisotopic (exact) mass is 438 g/mol. The molecule has 0 spiro atoms. The van der Waals surface area contributed by atoms with Gasteiger partial charge in [0.2, 0.25) is 0 Å². The summed E-state index contributed by atoms with van der Waals surface area (Å²) in [5, 5.41) is 5.66. The lowest BCUT2D eigenvalue weighted by molar-refractivity contribution is -0.441. The maximum absolute atomic E-state index is 13.5. The fourth-order valence-corrected chi connectivity index (χ4v) is 2.42. The van der Waals surface area contributed by atoms with Crippen LogP contribution in [0.4, 0.5) is 35.1 Å². The van der Waals surface area contributed by atoms with E-state index in [-0.39, 0.29) is 0 Å². The molecule has 0 atom stereocenters. The van der Waals surface area contributed by atoms with E-state index in [1.807, 2.05) is 0 Å². The first-order valence-electron chi connectivity index (χ1n) is 5.73. The summed E-state index contributed by atoms with van der Waals surface area (Å²) < 4.78 is 135. The molecule has 1 rings (SSSR count). The van der Waals surface area contributed by atoms with Crippen LogP contribution in [0.25, 0.3) is 0 Å². The third kappa shape index (κ3) is 4.41. The second-order valence-corrected chi connectivity index (χ2v) is 7.08. The topological polar surface area (TPSA) is 104 Å². The first-order chi connectivity index (χ1) is 11.3. The molecule has 0 aliphatic heterocycles. The fraction of sp³-hybridized carbons (Fsp3) is 0.400. The van der Waals surface area contributed by atoms with Crippen LogP contribution in [0.2, 0.25) is 0 Å². The van der Waals surface area contributed by atoms with Crippen molar-refractivity contribution in [1.82, 2.24) is 0 Å². The first-order valence-corrected chi connectivity index (χ1v) is 7.98. The molecule has 0 radical (unpaired) electrons. The van der Waals surface area contributed by atoms with Crippen molar-refractivity contribution in [3.63, 3.8) is 0 Å². The number of phenolic OH excluding ortho intramolecular Hbond substituents is 2. The average molecular weight is 438 g/mol. The SMILES string of the molecule is O=S(=O)(O)C(F)(F)C(F)(F)OC(F)(F)C(F)(F)Sc1cc(O)cc(O)c1. The lowest BCUT2D eigenvalue weighted by Crippen LogP contribution is -2.55. The van der Waals surface area contributed by atoms with E-state index in [2.05, 4.69) is 4.74 Å². The van der Waals surface area contributed by atoms with Crippen LogP contribution < -0.4 is 0 Å². The van der Waals surface area contributed by atoms with Gasteiger partial charge in [0.15, 0.2) is 0 Å². The van der Waals surface area contributed by atoms with Gasteiger partial charge in [-0.1, -0.05) is 0 Å². The first kappa shape index (κ1) is 22.5. The predicted molar refractivity (Wildman–Crippen MR) is 68.1 cm³/mol. The van der Waals surface area contributed by atoms with Gasteiger partial charge in [-0.25, -0.2) is 4.74 Å². The predicted octanol–water partition coefficient (Wildman–Crippen LogP) is 3.47. The molecule has 26 heavy (non-hydrogen) atoms. The zero-order valence-electron chi connectivity index (χ0n) is 11.6. The van der Waals surface area contributed by atoms with Gasteiger partial charge in [0.1, 0.15) is 11.5 Å². The molecule has 1 aromatic rings. The fourth-order valence-electron chi connectivity index (χ4n) is 1.26. The second kappa shape index (κ2) is 6.58. The number of alkyl halides is 8. The summed E-state index contributed by atoms with van der Waals surface area (Å²) in [4.78, 5) is -1.01. The normalized spacial score (nSPS) is 14.5. The van der Waals surface area contributed by atoms with Crippen LogP contribution >= 0.6 is 11.8 Å². The number of rotatable bonds is 7. The van der Waals surface area contributed by atoms with Crippen molar-refractivity contribution < 1.29 is 63.0 Å². The van der Waals surface area contributed by atoms with Gasteiger partial charge in [0, 0.05) is 11.0 Å². The van der Waals surface area contributed by atoms with E-state index < -0.39 is 61.0 Å². The molecule has 16 heteroatoms. The summed E-state index contributed by atoms with van der Waals surface area (Å²) in [5.41, 5.74) is 0. The molecule has 0 heterocycles. The highest BCUT2D eigenvalue weighted by molar-refractivity contribution is 8.00. The molecule has 0 fully saturated rings. The summed E-state index contributed by atoms with van der Waals surface area (Å²) in [5.74, 6) is -1.79. The van der Waals surface area contributed by atoms with Crippen LogP contribution in [0.15, 0.2) is 23.1 Å². The average Bonchev–Trinajstić information content (AvgIpc) is 2.33. The van der Waals surface area contributed by atoms with Crippen molar-refractivity contribution in [2.45, 2.75) is 27.6 Å². The molecular formula is C10H6F8O6S2. The molecule has 0 unspecified atom stereocenters. The number of phenols is 2. The molecule has 1 aromatic carbocycles. The largest absolute Gasteiger partial charge is 0.508 e. The third-order valence-corrected chi connectivity index (χ3v) is 4.23. The van der Waals surface area contributed by atoms with Gasteiger partial charge in [-0.2, -0.15) is 43.5 Å². The Bertz CT molecular complexity index is 761. The Morgan fingerprint density at radius 2 is 1.27 bits per heavy atom. The van der Waals surface area contributed by atoms with Crippen LogP contribution in [0.5, 0.6) is 11.5 Å². The molecule has 0 saturated heterocycles. The molecule has 0 aliphatic rings. The van der Waals surface area contributed by atoms with E-state index >= 15 is 0 Å². The quantitative estimate of drug-likeness (QED) is 0.340. The van der Waals surface area contributed by atoms with Gasteiger partial charge in [-0.15, -0.1) is 0 Å². The van der Waals surface area contributed by atoms with E-state index in [9.17, 15) is 43.5 Å². The number of halogens is 8. The van der Waals surface area contributed by atoms with Crippen LogP contribution in [0, 0.1) is 0 Å². The minimum atomic E-state index is -7.01. The summed E-state index contributed by atoms with van der Waals surface area (Å²) in [6.07, 6.45) is -13.1. The summed E-state index contributed by atoms with van der Waals surface area (Å²) in [6.45, 7) is 0. The molecular weight excluding hydrogens is 432 g/mol. The lowest BCUT2D eigenvalue weighted by atomic mass is 10.3. The molecule has 0 bridgehead atoms. The van der Waals surface area contributed by atoms with E-state index in [4.69, 9.17) is 14.8 Å². The molecule has 150 valence electrons. The Balaban J connectivity index is 3.18.